The van der Waals surface area contributed by atoms with E-state index in [1.54, 1.807) is 24.3 Å². The number of phosphoric acid groups is 1. The fourth-order valence-corrected chi connectivity index (χ4v) is 10.9. The molecule has 318 valence electrons. The number of ether oxygens (including phenoxy) is 2. The van der Waals surface area contributed by atoms with Gasteiger partial charge in [0.2, 0.25) is 0 Å². The number of phenols is 1. The SMILES string of the molecule is Nc1ncnc2c1ncn2[C@@H]1O[C@@H]2COP(=O)(O)O[C@H]3[C@@H](F)[C@H](n4ccc(=O)[nH]c4=O)O[C@@H]3COP(=O)(SCc3ccc(CNC(=O)c4ccc(O)cc4)cc3)O[C@@H]1[C@@H]2F. The van der Waals surface area contributed by atoms with Crippen molar-refractivity contribution in [2.24, 2.45) is 0 Å². The number of H-pyrrole nitrogens is 1. The third kappa shape index (κ3) is 8.79. The zero-order chi connectivity index (χ0) is 42.3. The number of aromatic nitrogens is 6. The van der Waals surface area contributed by atoms with Gasteiger partial charge >= 0.3 is 20.3 Å². The molecule has 3 aliphatic rings. The van der Waals surface area contributed by atoms with E-state index < -0.39 is 88.3 Å². The minimum Gasteiger partial charge on any atom is -0.508 e. The number of nitrogens with zero attached hydrogens (tertiary/aromatic N) is 5. The number of amides is 1. The summed E-state index contributed by atoms with van der Waals surface area (Å²) in [6.07, 6.45) is -11.7. The Labute approximate surface area is 340 Å². The average molecular weight is 895 g/mol. The van der Waals surface area contributed by atoms with Gasteiger partial charge in [-0.05, 0) is 46.8 Å². The van der Waals surface area contributed by atoms with Crippen molar-refractivity contribution >= 4 is 48.9 Å². The molecule has 8 rings (SSSR count). The van der Waals surface area contributed by atoms with E-state index in [0.717, 1.165) is 18.6 Å². The van der Waals surface area contributed by atoms with Crippen molar-refractivity contribution in [1.82, 2.24) is 34.4 Å². The van der Waals surface area contributed by atoms with Gasteiger partial charge in [0, 0.05) is 30.1 Å². The molecule has 0 saturated carbocycles. The number of nitrogens with two attached hydrogens (primary N) is 1. The van der Waals surface area contributed by atoms with E-state index in [1.165, 1.54) is 35.2 Å². The summed E-state index contributed by atoms with van der Waals surface area (Å²) in [5.41, 5.74) is 5.92. The first-order valence-corrected chi connectivity index (χ1v) is 22.5. The van der Waals surface area contributed by atoms with Gasteiger partial charge in [-0.1, -0.05) is 24.3 Å². The lowest BCUT2D eigenvalue weighted by Crippen LogP contribution is -2.36. The second kappa shape index (κ2) is 16.9. The lowest BCUT2D eigenvalue weighted by molar-refractivity contribution is -0.0620. The van der Waals surface area contributed by atoms with Crippen molar-refractivity contribution in [3.63, 3.8) is 0 Å². The molecule has 6 N–H and O–H groups in total. The number of phosphoric ester groups is 1. The van der Waals surface area contributed by atoms with Gasteiger partial charge in [-0.2, -0.15) is 0 Å². The summed E-state index contributed by atoms with van der Waals surface area (Å²) >= 11 is 0.620. The molecule has 5 aromatic rings. The third-order valence-corrected chi connectivity index (χ3v) is 14.3. The van der Waals surface area contributed by atoms with Crippen molar-refractivity contribution in [3.05, 3.63) is 111 Å². The van der Waals surface area contributed by atoms with E-state index in [4.69, 9.17) is 33.3 Å². The number of hydrogen-bond donors (Lipinski definition) is 5. The smallest absolute Gasteiger partial charge is 0.472 e. The maximum atomic E-state index is 16.5. The molecule has 3 fully saturated rings. The van der Waals surface area contributed by atoms with Crippen LogP contribution in [-0.2, 0) is 49.0 Å². The molecule has 2 bridgehead atoms. The zero-order valence-corrected chi connectivity index (χ0v) is 33.2. The molecule has 3 aromatic heterocycles. The Kier molecular flexibility index (Phi) is 11.8. The van der Waals surface area contributed by atoms with Crippen molar-refractivity contribution in [3.8, 4) is 5.75 Å². The van der Waals surface area contributed by atoms with Gasteiger partial charge < -0.3 is 30.5 Å². The quantitative estimate of drug-likeness (QED) is 0.140. The molecule has 0 aliphatic carbocycles. The number of phenolic OH excluding ortho intramolecular Hbond substituents is 1. The van der Waals surface area contributed by atoms with Gasteiger partial charge in [0.25, 0.3) is 11.5 Å². The van der Waals surface area contributed by atoms with Crippen LogP contribution in [0.5, 0.6) is 5.75 Å². The normalized spacial score (nSPS) is 30.9. The van der Waals surface area contributed by atoms with Crippen LogP contribution in [0.2, 0.25) is 0 Å². The number of alkyl halides is 2. The Bertz CT molecular complexity index is 2600. The molecule has 21 nitrogen and oxygen atoms in total. The van der Waals surface area contributed by atoms with Crippen LogP contribution in [0.1, 0.15) is 33.9 Å². The molecule has 3 saturated heterocycles. The topological polar surface area (TPSA) is 284 Å². The van der Waals surface area contributed by atoms with Crippen LogP contribution >= 0.6 is 26.0 Å². The second-order valence-electron chi connectivity index (χ2n) is 13.6. The molecular formula is C34H34F2N8O13P2S. The van der Waals surface area contributed by atoms with Crippen molar-refractivity contribution < 1.29 is 60.3 Å². The minimum atomic E-state index is -5.27. The zero-order valence-electron chi connectivity index (χ0n) is 30.6. The number of nitrogens with one attached hydrogen (secondary N) is 2. The first-order chi connectivity index (χ1) is 28.7. The lowest BCUT2D eigenvalue weighted by Gasteiger charge is -2.27. The van der Waals surface area contributed by atoms with Crippen LogP contribution in [0.4, 0.5) is 14.6 Å². The summed E-state index contributed by atoms with van der Waals surface area (Å²) in [5.74, 6) is -0.439. The fourth-order valence-electron chi connectivity index (χ4n) is 6.60. The van der Waals surface area contributed by atoms with Crippen LogP contribution in [0, 0.1) is 0 Å². The minimum absolute atomic E-state index is 0.0126. The Morgan fingerprint density at radius 2 is 1.62 bits per heavy atom. The number of fused-ring (bicyclic) bond motifs is 4. The molecule has 10 atom stereocenters. The molecule has 1 amide bonds. The number of benzene rings is 2. The molecule has 0 radical (unpaired) electrons. The number of halogens is 2. The number of aromatic hydroxyl groups is 1. The molecule has 3 aliphatic heterocycles. The van der Waals surface area contributed by atoms with Gasteiger partial charge in [-0.25, -0.2) is 37.7 Å². The van der Waals surface area contributed by atoms with Gasteiger partial charge in [-0.3, -0.25) is 41.8 Å². The Balaban J connectivity index is 1.07. The summed E-state index contributed by atoms with van der Waals surface area (Å²) in [5, 5.41) is 12.3. The number of nitrogen functional groups attached to an aromatic ring is 1. The Morgan fingerprint density at radius 1 is 0.900 bits per heavy atom. The Hall–Kier alpha value is -4.87. The van der Waals surface area contributed by atoms with Crippen LogP contribution in [0.25, 0.3) is 11.2 Å². The van der Waals surface area contributed by atoms with Crippen LogP contribution in [0.3, 0.4) is 0 Å². The van der Waals surface area contributed by atoms with Crippen LogP contribution < -0.4 is 22.3 Å². The molecule has 2 aromatic carbocycles. The standard InChI is InChI=1S/C34H34F2N8O13P2S/c35-24-21-12-52-58(49,50)56-27-22(55-32(25(27)36)43-10-9-23(46)42-34(43)48)13-53-59(51,57-28(24)33(54-21)44-16-41-26-29(37)39-15-40-30(26)44)60-14-18-3-1-17(2-4-18)11-38-31(47)19-5-7-20(45)8-6-19/h1-10,15-16,21-22,24-25,27-28,32-33,45H,11-14H2,(H,38,47)(H,49,50)(H2,37,39,40)(H,42,46,48)/t21-,22-,24-,25-,27-,28-,32-,33-,59?/m1/s1. The van der Waals surface area contributed by atoms with Crippen molar-refractivity contribution in [2.45, 2.75) is 61.5 Å². The van der Waals surface area contributed by atoms with Crippen LogP contribution in [-0.4, -0.2) is 95.0 Å². The monoisotopic (exact) mass is 894 g/mol. The van der Waals surface area contributed by atoms with E-state index in [-0.39, 0.29) is 40.9 Å². The van der Waals surface area contributed by atoms with Gasteiger partial charge in [0.1, 0.15) is 42.0 Å². The summed E-state index contributed by atoms with van der Waals surface area (Å²) in [6, 6.07) is 13.4. The van der Waals surface area contributed by atoms with Crippen molar-refractivity contribution in [1.29, 1.82) is 0 Å². The first-order valence-electron chi connectivity index (χ1n) is 17.9. The highest BCUT2D eigenvalue weighted by molar-refractivity contribution is 8.54. The summed E-state index contributed by atoms with van der Waals surface area (Å²) in [4.78, 5) is 61.8. The highest BCUT2D eigenvalue weighted by atomic mass is 32.7. The van der Waals surface area contributed by atoms with Crippen molar-refractivity contribution in [2.75, 3.05) is 18.9 Å². The highest BCUT2D eigenvalue weighted by Crippen LogP contribution is 2.65. The summed E-state index contributed by atoms with van der Waals surface area (Å²) in [6.45, 7) is -6.30. The molecule has 2 unspecified atom stereocenters. The predicted octanol–water partition coefficient (Wildman–Crippen LogP) is 3.02. The predicted molar refractivity (Wildman–Crippen MR) is 205 cm³/mol. The van der Waals surface area contributed by atoms with E-state index in [9.17, 15) is 33.5 Å². The highest BCUT2D eigenvalue weighted by Gasteiger charge is 2.55. The number of aromatic amines is 1. The number of anilines is 1. The van der Waals surface area contributed by atoms with E-state index in [2.05, 4.69) is 20.3 Å². The fraction of sp³-hybridized carbons (Fsp3) is 0.353. The maximum Gasteiger partial charge on any atom is 0.472 e. The summed E-state index contributed by atoms with van der Waals surface area (Å²) in [7, 11) is -5.27. The summed E-state index contributed by atoms with van der Waals surface area (Å²) < 4.78 is 96.5. The largest absolute Gasteiger partial charge is 0.508 e. The molecule has 6 heterocycles. The second-order valence-corrected chi connectivity index (χ2v) is 19.0. The molecule has 60 heavy (non-hydrogen) atoms. The number of rotatable bonds is 8. The molecule has 0 spiro atoms. The van der Waals surface area contributed by atoms with Gasteiger partial charge in [-0.15, -0.1) is 0 Å². The maximum absolute atomic E-state index is 16.5. The molecule has 26 heteroatoms. The van der Waals surface area contributed by atoms with Gasteiger partial charge in [0.15, 0.2) is 36.3 Å². The van der Waals surface area contributed by atoms with E-state index >= 15 is 8.78 Å². The number of imidazole rings is 1. The van der Waals surface area contributed by atoms with Gasteiger partial charge in [0.05, 0.1) is 19.5 Å². The molecular weight excluding hydrogens is 860 g/mol. The first kappa shape index (κ1) is 41.8. The van der Waals surface area contributed by atoms with Crippen LogP contribution in [0.15, 0.2) is 83.0 Å². The number of hydrogen-bond acceptors (Lipinski definition) is 17. The van der Waals surface area contributed by atoms with E-state index in [0.29, 0.717) is 32.6 Å². The Morgan fingerprint density at radius 3 is 2.37 bits per heavy atom. The number of carbonyl (C=O) groups excluding carboxylic acids is 1. The number of carbonyl (C=O) groups is 1. The van der Waals surface area contributed by atoms with E-state index in [1.807, 2.05) is 4.98 Å². The lowest BCUT2D eigenvalue weighted by atomic mass is 10.1. The average Bonchev–Trinajstić information content (AvgIpc) is 3.88. The third-order valence-electron chi connectivity index (χ3n) is 9.62.